The van der Waals surface area contributed by atoms with Gasteiger partial charge in [0.2, 0.25) is 0 Å². The van der Waals surface area contributed by atoms with Crippen molar-refractivity contribution in [2.45, 2.75) is 11.8 Å². The van der Waals surface area contributed by atoms with E-state index in [4.69, 9.17) is 4.74 Å². The Kier molecular flexibility index (Phi) is 4.80. The van der Waals surface area contributed by atoms with E-state index in [0.717, 1.165) is 0 Å². The average molecular weight is 307 g/mol. The zero-order valence-corrected chi connectivity index (χ0v) is 11.7. The van der Waals surface area contributed by atoms with Gasteiger partial charge in [-0.25, -0.2) is 8.42 Å². The van der Waals surface area contributed by atoms with E-state index in [1.165, 1.54) is 7.11 Å². The van der Waals surface area contributed by atoms with Crippen LogP contribution in [-0.2, 0) is 9.84 Å². The number of hydrogen-bond acceptors (Lipinski definition) is 3. The smallest absolute Gasteiger partial charge is 0.178 e. The van der Waals surface area contributed by atoms with Gasteiger partial charge in [0.15, 0.2) is 9.84 Å². The maximum Gasteiger partial charge on any atom is 0.178 e. The summed E-state index contributed by atoms with van der Waals surface area (Å²) in [6.07, 6.45) is 0. The van der Waals surface area contributed by atoms with Gasteiger partial charge in [0, 0.05) is 5.33 Å². The Bertz CT molecular complexity index is 442. The van der Waals surface area contributed by atoms with Crippen LogP contribution in [0.15, 0.2) is 29.2 Å². The highest BCUT2D eigenvalue weighted by Crippen LogP contribution is 2.20. The first kappa shape index (κ1) is 13.5. The molecule has 0 bridgehead atoms. The van der Waals surface area contributed by atoms with Gasteiger partial charge in [-0.2, -0.15) is 0 Å². The summed E-state index contributed by atoms with van der Waals surface area (Å²) in [6.45, 7) is 1.90. The van der Waals surface area contributed by atoms with Gasteiger partial charge < -0.3 is 4.74 Å². The summed E-state index contributed by atoms with van der Waals surface area (Å²) in [5.41, 5.74) is 0. The van der Waals surface area contributed by atoms with E-state index in [-0.39, 0.29) is 11.7 Å². The van der Waals surface area contributed by atoms with E-state index in [1.807, 2.05) is 6.92 Å². The average Bonchev–Trinajstić information content (AvgIpc) is 2.28. The van der Waals surface area contributed by atoms with Crippen LogP contribution in [0.25, 0.3) is 0 Å². The second-order valence-corrected chi connectivity index (χ2v) is 6.40. The molecule has 3 nitrogen and oxygen atoms in total. The van der Waals surface area contributed by atoms with Crippen molar-refractivity contribution in [3.63, 3.8) is 0 Å². The van der Waals surface area contributed by atoms with Crippen LogP contribution in [-0.4, -0.2) is 26.6 Å². The molecular weight excluding hydrogens is 292 g/mol. The number of methoxy groups -OCH3 is 1. The van der Waals surface area contributed by atoms with E-state index in [9.17, 15) is 8.42 Å². The number of alkyl halides is 1. The quantitative estimate of drug-likeness (QED) is 0.785. The summed E-state index contributed by atoms with van der Waals surface area (Å²) in [5, 5.41) is 0.677. The molecule has 0 aliphatic rings. The Morgan fingerprint density at radius 2 is 2.12 bits per heavy atom. The van der Waals surface area contributed by atoms with Crippen molar-refractivity contribution < 1.29 is 13.2 Å². The van der Waals surface area contributed by atoms with Crippen molar-refractivity contribution >= 4 is 25.8 Å². The summed E-state index contributed by atoms with van der Waals surface area (Å²) in [4.78, 5) is 0.319. The molecule has 0 aliphatic carbocycles. The van der Waals surface area contributed by atoms with Crippen molar-refractivity contribution in [3.05, 3.63) is 24.3 Å². The number of sulfone groups is 1. The van der Waals surface area contributed by atoms with E-state index in [0.29, 0.717) is 16.0 Å². The third kappa shape index (κ3) is 3.49. The summed E-state index contributed by atoms with van der Waals surface area (Å²) in [7, 11) is -1.69. The molecule has 0 aliphatic heterocycles. The van der Waals surface area contributed by atoms with Crippen molar-refractivity contribution in [2.24, 2.45) is 5.92 Å². The van der Waals surface area contributed by atoms with Gasteiger partial charge in [-0.15, -0.1) is 0 Å². The van der Waals surface area contributed by atoms with Gasteiger partial charge in [0.1, 0.15) is 5.75 Å². The van der Waals surface area contributed by atoms with Gasteiger partial charge in [-0.1, -0.05) is 28.9 Å². The minimum Gasteiger partial charge on any atom is -0.497 e. The number of benzene rings is 1. The number of hydrogen-bond donors (Lipinski definition) is 0. The molecule has 16 heavy (non-hydrogen) atoms. The lowest BCUT2D eigenvalue weighted by Crippen LogP contribution is -2.15. The Hall–Kier alpha value is -0.550. The van der Waals surface area contributed by atoms with E-state index < -0.39 is 9.84 Å². The molecule has 0 saturated carbocycles. The van der Waals surface area contributed by atoms with Crippen molar-refractivity contribution in [1.29, 1.82) is 0 Å². The molecule has 1 aromatic carbocycles. The molecule has 0 spiro atoms. The Morgan fingerprint density at radius 1 is 1.44 bits per heavy atom. The van der Waals surface area contributed by atoms with Crippen LogP contribution in [0.1, 0.15) is 6.92 Å². The fourth-order valence-electron chi connectivity index (χ4n) is 1.31. The standard InChI is InChI=1S/C11H15BrO3S/c1-9(7-12)8-16(13,14)11-5-3-4-10(6-11)15-2/h3-6,9H,7-8H2,1-2H3. The fraction of sp³-hybridized carbons (Fsp3) is 0.455. The van der Waals surface area contributed by atoms with Crippen LogP contribution in [0, 0.1) is 5.92 Å². The summed E-state index contributed by atoms with van der Waals surface area (Å²) in [5.74, 6) is 0.801. The predicted octanol–water partition coefficient (Wildman–Crippen LogP) is 2.50. The van der Waals surface area contributed by atoms with Crippen LogP contribution in [0.5, 0.6) is 5.75 Å². The topological polar surface area (TPSA) is 43.4 Å². The van der Waals surface area contributed by atoms with Gasteiger partial charge in [0.25, 0.3) is 0 Å². The molecule has 1 aromatic rings. The molecule has 1 unspecified atom stereocenters. The molecule has 0 aromatic heterocycles. The lowest BCUT2D eigenvalue weighted by atomic mass is 10.3. The second-order valence-electron chi connectivity index (χ2n) is 3.72. The molecule has 0 N–H and O–H groups in total. The van der Waals surface area contributed by atoms with Crippen LogP contribution >= 0.6 is 15.9 Å². The van der Waals surface area contributed by atoms with Gasteiger partial charge in [-0.05, 0) is 24.1 Å². The van der Waals surface area contributed by atoms with E-state index in [2.05, 4.69) is 15.9 Å². The minimum absolute atomic E-state index is 0.0937. The maximum atomic E-state index is 12.0. The molecule has 0 amide bonds. The third-order valence-corrected chi connectivity index (χ3v) is 5.25. The van der Waals surface area contributed by atoms with Crippen molar-refractivity contribution in [3.8, 4) is 5.75 Å². The highest BCUT2D eigenvalue weighted by Gasteiger charge is 2.18. The van der Waals surface area contributed by atoms with Crippen molar-refractivity contribution in [2.75, 3.05) is 18.2 Å². The molecular formula is C11H15BrO3S. The maximum absolute atomic E-state index is 12.0. The zero-order chi connectivity index (χ0) is 12.2. The Balaban J connectivity index is 2.98. The van der Waals surface area contributed by atoms with Gasteiger partial charge in [-0.3, -0.25) is 0 Å². The largest absolute Gasteiger partial charge is 0.497 e. The van der Waals surface area contributed by atoms with E-state index >= 15 is 0 Å². The third-order valence-electron chi connectivity index (χ3n) is 2.17. The normalized spacial score (nSPS) is 13.4. The second kappa shape index (κ2) is 5.68. The number of halogens is 1. The molecule has 0 saturated heterocycles. The van der Waals surface area contributed by atoms with Crippen LogP contribution < -0.4 is 4.74 Å². The molecule has 0 fully saturated rings. The van der Waals surface area contributed by atoms with Crippen LogP contribution in [0.2, 0.25) is 0 Å². The highest BCUT2D eigenvalue weighted by atomic mass is 79.9. The molecule has 1 rings (SSSR count). The summed E-state index contributed by atoms with van der Waals surface area (Å²) >= 11 is 3.28. The molecule has 90 valence electrons. The first-order valence-electron chi connectivity index (χ1n) is 4.92. The van der Waals surface area contributed by atoms with Crippen LogP contribution in [0.4, 0.5) is 0 Å². The first-order chi connectivity index (χ1) is 7.49. The van der Waals surface area contributed by atoms with Gasteiger partial charge >= 0.3 is 0 Å². The Labute approximate surface area is 105 Å². The molecule has 5 heteroatoms. The molecule has 1 atom stereocenters. The lowest BCUT2D eigenvalue weighted by molar-refractivity contribution is 0.413. The highest BCUT2D eigenvalue weighted by molar-refractivity contribution is 9.09. The Morgan fingerprint density at radius 3 is 2.69 bits per heavy atom. The van der Waals surface area contributed by atoms with Gasteiger partial charge in [0.05, 0.1) is 17.8 Å². The molecule has 0 heterocycles. The first-order valence-corrected chi connectivity index (χ1v) is 7.69. The number of ether oxygens (including phenoxy) is 1. The predicted molar refractivity (Wildman–Crippen MR) is 68.0 cm³/mol. The van der Waals surface area contributed by atoms with Crippen LogP contribution in [0.3, 0.4) is 0 Å². The lowest BCUT2D eigenvalue weighted by Gasteiger charge is -2.09. The number of rotatable bonds is 5. The molecule has 0 radical (unpaired) electrons. The fourth-order valence-corrected chi connectivity index (χ4v) is 3.48. The zero-order valence-electron chi connectivity index (χ0n) is 9.31. The summed E-state index contributed by atoms with van der Waals surface area (Å²) < 4.78 is 29.0. The van der Waals surface area contributed by atoms with E-state index in [1.54, 1.807) is 24.3 Å². The summed E-state index contributed by atoms with van der Waals surface area (Å²) in [6, 6.07) is 6.56. The van der Waals surface area contributed by atoms with Crippen molar-refractivity contribution in [1.82, 2.24) is 0 Å². The minimum atomic E-state index is -3.21. The monoisotopic (exact) mass is 306 g/mol. The SMILES string of the molecule is COc1cccc(S(=O)(=O)CC(C)CBr)c1.